The molecule has 0 saturated heterocycles. The van der Waals surface area contributed by atoms with Crippen molar-refractivity contribution in [2.24, 2.45) is 4.99 Å². The molecular weight excluding hydrogens is 491 g/mol. The van der Waals surface area contributed by atoms with Gasteiger partial charge in [0.15, 0.2) is 5.96 Å². The highest BCUT2D eigenvalue weighted by molar-refractivity contribution is 14.0. The first-order chi connectivity index (χ1) is 14.0. The molecule has 0 atom stereocenters. The molecule has 0 aromatic heterocycles. The summed E-state index contributed by atoms with van der Waals surface area (Å²) in [6, 6.07) is 15.8. The Hall–Kier alpha value is -2.13. The maximum Gasteiger partial charge on any atom is 0.253 e. The molecule has 7 heteroatoms. The van der Waals surface area contributed by atoms with Gasteiger partial charge in [0.1, 0.15) is 0 Å². The van der Waals surface area contributed by atoms with E-state index in [-0.39, 0.29) is 29.9 Å². The predicted molar refractivity (Wildman–Crippen MR) is 133 cm³/mol. The van der Waals surface area contributed by atoms with Gasteiger partial charge in [-0.25, -0.2) is 4.99 Å². The van der Waals surface area contributed by atoms with Gasteiger partial charge >= 0.3 is 0 Å². The molecule has 164 valence electrons. The first-order valence-corrected chi connectivity index (χ1v) is 10.0. The number of hydrogen-bond acceptors (Lipinski definition) is 3. The fourth-order valence-corrected chi connectivity index (χ4v) is 2.78. The van der Waals surface area contributed by atoms with Crippen molar-refractivity contribution in [3.8, 4) is 0 Å². The van der Waals surface area contributed by atoms with Crippen LogP contribution in [0.2, 0.25) is 0 Å². The monoisotopic (exact) mass is 524 g/mol. The van der Waals surface area contributed by atoms with Gasteiger partial charge in [-0.2, -0.15) is 0 Å². The molecule has 2 aromatic carbocycles. The quantitative estimate of drug-likeness (QED) is 0.298. The number of ether oxygens (including phenoxy) is 1. The van der Waals surface area contributed by atoms with E-state index < -0.39 is 0 Å². The summed E-state index contributed by atoms with van der Waals surface area (Å²) in [6.07, 6.45) is 0. The smallest absolute Gasteiger partial charge is 0.253 e. The SMILES string of the molecule is CCNC(=NCc1ccc(C(=O)N(C)C)cc1)NCc1ccccc1COCC.I. The summed E-state index contributed by atoms with van der Waals surface area (Å²) in [5, 5.41) is 6.67. The van der Waals surface area contributed by atoms with Gasteiger partial charge in [-0.3, -0.25) is 4.79 Å². The van der Waals surface area contributed by atoms with Crippen LogP contribution in [0.15, 0.2) is 53.5 Å². The van der Waals surface area contributed by atoms with E-state index in [0.29, 0.717) is 31.9 Å². The van der Waals surface area contributed by atoms with Crippen LogP contribution in [-0.4, -0.2) is 44.0 Å². The van der Waals surface area contributed by atoms with E-state index in [1.54, 1.807) is 19.0 Å². The Labute approximate surface area is 197 Å². The zero-order chi connectivity index (χ0) is 21.1. The molecule has 0 radical (unpaired) electrons. The van der Waals surface area contributed by atoms with Crippen molar-refractivity contribution in [2.45, 2.75) is 33.5 Å². The highest BCUT2D eigenvalue weighted by Crippen LogP contribution is 2.10. The van der Waals surface area contributed by atoms with Crippen molar-refractivity contribution >= 4 is 35.8 Å². The van der Waals surface area contributed by atoms with Gasteiger partial charge in [0.05, 0.1) is 13.2 Å². The second kappa shape index (κ2) is 14.0. The predicted octanol–water partition coefficient (Wildman–Crippen LogP) is 3.80. The number of rotatable bonds is 9. The van der Waals surface area contributed by atoms with Gasteiger partial charge < -0.3 is 20.3 Å². The summed E-state index contributed by atoms with van der Waals surface area (Å²) in [5.74, 6) is 0.757. The van der Waals surface area contributed by atoms with E-state index in [1.165, 1.54) is 11.1 Å². The van der Waals surface area contributed by atoms with E-state index in [2.05, 4.69) is 27.8 Å². The second-order valence-corrected chi connectivity index (χ2v) is 6.85. The largest absolute Gasteiger partial charge is 0.377 e. The van der Waals surface area contributed by atoms with Crippen LogP contribution in [0, 0.1) is 0 Å². The fourth-order valence-electron chi connectivity index (χ4n) is 2.78. The minimum atomic E-state index is 0. The van der Waals surface area contributed by atoms with Gasteiger partial charge in [0, 0.05) is 39.4 Å². The zero-order valence-corrected chi connectivity index (χ0v) is 20.6. The van der Waals surface area contributed by atoms with Crippen molar-refractivity contribution in [1.29, 1.82) is 0 Å². The van der Waals surface area contributed by atoms with Crippen LogP contribution < -0.4 is 10.6 Å². The minimum Gasteiger partial charge on any atom is -0.377 e. The molecule has 2 N–H and O–H groups in total. The van der Waals surface area contributed by atoms with Crippen molar-refractivity contribution in [3.05, 3.63) is 70.8 Å². The van der Waals surface area contributed by atoms with E-state index in [1.807, 2.05) is 50.2 Å². The van der Waals surface area contributed by atoms with E-state index in [9.17, 15) is 4.79 Å². The summed E-state index contributed by atoms with van der Waals surface area (Å²) in [5.41, 5.74) is 4.10. The summed E-state index contributed by atoms with van der Waals surface area (Å²) < 4.78 is 5.56. The molecular formula is C23H33IN4O2. The van der Waals surface area contributed by atoms with E-state index in [0.717, 1.165) is 18.1 Å². The molecule has 6 nitrogen and oxygen atoms in total. The zero-order valence-electron chi connectivity index (χ0n) is 18.3. The number of amides is 1. The van der Waals surface area contributed by atoms with Gasteiger partial charge in [-0.15, -0.1) is 24.0 Å². The summed E-state index contributed by atoms with van der Waals surface area (Å²) in [4.78, 5) is 18.2. The van der Waals surface area contributed by atoms with Crippen molar-refractivity contribution < 1.29 is 9.53 Å². The van der Waals surface area contributed by atoms with Gasteiger partial charge in [0.2, 0.25) is 0 Å². The van der Waals surface area contributed by atoms with Gasteiger partial charge in [-0.1, -0.05) is 36.4 Å². The van der Waals surface area contributed by atoms with Crippen LogP contribution in [-0.2, 0) is 24.4 Å². The summed E-state index contributed by atoms with van der Waals surface area (Å²) in [7, 11) is 3.50. The maximum atomic E-state index is 12.0. The van der Waals surface area contributed by atoms with Crippen LogP contribution in [0.3, 0.4) is 0 Å². The van der Waals surface area contributed by atoms with Crippen LogP contribution >= 0.6 is 24.0 Å². The third-order valence-electron chi connectivity index (χ3n) is 4.40. The highest BCUT2D eigenvalue weighted by atomic mass is 127. The highest BCUT2D eigenvalue weighted by Gasteiger charge is 2.07. The first-order valence-electron chi connectivity index (χ1n) is 10.0. The molecule has 30 heavy (non-hydrogen) atoms. The molecule has 2 aromatic rings. The Bertz CT molecular complexity index is 807. The molecule has 0 bridgehead atoms. The van der Waals surface area contributed by atoms with Crippen molar-refractivity contribution in [3.63, 3.8) is 0 Å². The van der Waals surface area contributed by atoms with E-state index in [4.69, 9.17) is 4.74 Å². The van der Waals surface area contributed by atoms with Crippen LogP contribution in [0.4, 0.5) is 0 Å². The third kappa shape index (κ3) is 8.31. The summed E-state index contributed by atoms with van der Waals surface area (Å²) in [6.45, 7) is 7.34. The Morgan fingerprint density at radius 3 is 2.27 bits per heavy atom. The number of carbonyl (C=O) groups is 1. The Morgan fingerprint density at radius 2 is 1.67 bits per heavy atom. The standard InChI is InChI=1S/C23H32N4O2.HI/c1-5-24-23(26-16-20-9-7-8-10-21(20)17-29-6-2)25-15-18-11-13-19(14-12-18)22(28)27(3)4;/h7-14H,5-6,15-17H2,1-4H3,(H2,24,25,26);1H. The molecule has 0 spiro atoms. The van der Waals surface area contributed by atoms with Gasteiger partial charge in [0.25, 0.3) is 5.91 Å². The normalized spacial score (nSPS) is 10.9. The van der Waals surface area contributed by atoms with Crippen molar-refractivity contribution in [1.82, 2.24) is 15.5 Å². The van der Waals surface area contributed by atoms with Crippen LogP contribution in [0.1, 0.15) is 40.9 Å². The molecule has 0 saturated carbocycles. The number of hydrogen-bond donors (Lipinski definition) is 2. The molecule has 0 unspecified atom stereocenters. The molecule has 0 aliphatic heterocycles. The third-order valence-corrected chi connectivity index (χ3v) is 4.40. The molecule has 0 fully saturated rings. The van der Waals surface area contributed by atoms with Gasteiger partial charge in [-0.05, 0) is 42.7 Å². The molecule has 2 rings (SSSR count). The Kier molecular flexibility index (Phi) is 12.1. The number of halogens is 1. The van der Waals surface area contributed by atoms with E-state index >= 15 is 0 Å². The van der Waals surface area contributed by atoms with Crippen LogP contribution in [0.5, 0.6) is 0 Å². The lowest BCUT2D eigenvalue weighted by Gasteiger charge is -2.14. The number of guanidine groups is 1. The number of carbonyl (C=O) groups excluding carboxylic acids is 1. The second-order valence-electron chi connectivity index (χ2n) is 6.85. The molecule has 0 heterocycles. The number of nitrogens with one attached hydrogen (secondary N) is 2. The Balaban J connectivity index is 0.00000450. The number of nitrogens with zero attached hydrogens (tertiary/aromatic N) is 2. The maximum absolute atomic E-state index is 12.0. The molecule has 1 amide bonds. The molecule has 0 aliphatic carbocycles. The van der Waals surface area contributed by atoms with Crippen LogP contribution in [0.25, 0.3) is 0 Å². The summed E-state index contributed by atoms with van der Waals surface area (Å²) >= 11 is 0. The minimum absolute atomic E-state index is 0. The molecule has 0 aliphatic rings. The number of benzene rings is 2. The Morgan fingerprint density at radius 1 is 1.00 bits per heavy atom. The average Bonchev–Trinajstić information content (AvgIpc) is 2.74. The number of aliphatic imine (C=N–C) groups is 1. The lowest BCUT2D eigenvalue weighted by Crippen LogP contribution is -2.37. The first kappa shape index (κ1) is 25.9. The average molecular weight is 524 g/mol. The lowest BCUT2D eigenvalue weighted by atomic mass is 10.1. The van der Waals surface area contributed by atoms with Crippen molar-refractivity contribution in [2.75, 3.05) is 27.2 Å². The topological polar surface area (TPSA) is 66.0 Å². The fraction of sp³-hybridized carbons (Fsp3) is 0.391. The lowest BCUT2D eigenvalue weighted by molar-refractivity contribution is 0.0827.